The van der Waals surface area contributed by atoms with Crippen LogP contribution in [-0.4, -0.2) is 35.6 Å². The number of anilines is 1. The summed E-state index contributed by atoms with van der Waals surface area (Å²) in [5, 5.41) is 1.88. The molecule has 1 atom stereocenters. The van der Waals surface area contributed by atoms with E-state index in [0.29, 0.717) is 12.2 Å². The number of likely N-dealkylation sites (N-methyl/N-ethyl adjacent to an activating group) is 1. The van der Waals surface area contributed by atoms with Gasteiger partial charge >= 0.3 is 6.09 Å². The van der Waals surface area contributed by atoms with Gasteiger partial charge in [0.05, 0.1) is 5.69 Å². The van der Waals surface area contributed by atoms with Crippen molar-refractivity contribution in [2.24, 2.45) is 0 Å². The summed E-state index contributed by atoms with van der Waals surface area (Å²) in [4.78, 5) is 29.7. The van der Waals surface area contributed by atoms with Crippen molar-refractivity contribution < 1.29 is 14.3 Å². The predicted molar refractivity (Wildman–Crippen MR) is 125 cm³/mol. The molecule has 0 aromatic heterocycles. The van der Waals surface area contributed by atoms with Crippen LogP contribution in [0.5, 0.6) is 0 Å². The molecule has 162 valence electrons. The Balaban J connectivity index is 1.97. The van der Waals surface area contributed by atoms with Crippen LogP contribution < -0.4 is 4.90 Å². The van der Waals surface area contributed by atoms with Gasteiger partial charge in [-0.3, -0.25) is 9.69 Å². The van der Waals surface area contributed by atoms with Gasteiger partial charge < -0.3 is 9.64 Å². The molecular formula is C26H30N2O3. The molecular weight excluding hydrogens is 388 g/mol. The topological polar surface area (TPSA) is 49.9 Å². The first-order chi connectivity index (χ1) is 14.7. The van der Waals surface area contributed by atoms with Crippen LogP contribution in [0.25, 0.3) is 10.8 Å². The molecule has 2 amide bonds. The van der Waals surface area contributed by atoms with Crippen LogP contribution in [0.4, 0.5) is 10.5 Å². The molecule has 0 spiro atoms. The van der Waals surface area contributed by atoms with Gasteiger partial charge in [0.15, 0.2) is 0 Å². The summed E-state index contributed by atoms with van der Waals surface area (Å²) in [6.45, 7) is 7.66. The van der Waals surface area contributed by atoms with E-state index in [0.717, 1.165) is 16.3 Å². The highest BCUT2D eigenvalue weighted by molar-refractivity contribution is 6.05. The largest absolute Gasteiger partial charge is 0.443 e. The number of fused-ring (bicyclic) bond motifs is 1. The first kappa shape index (κ1) is 22.3. The van der Waals surface area contributed by atoms with Crippen molar-refractivity contribution in [3.05, 3.63) is 78.4 Å². The first-order valence-corrected chi connectivity index (χ1v) is 10.5. The molecule has 0 N–H and O–H groups in total. The lowest BCUT2D eigenvalue weighted by atomic mass is 10.1. The maximum atomic E-state index is 13.3. The van der Waals surface area contributed by atoms with Crippen LogP contribution in [0.15, 0.2) is 72.8 Å². The first-order valence-electron chi connectivity index (χ1n) is 10.5. The fourth-order valence-corrected chi connectivity index (χ4v) is 3.56. The van der Waals surface area contributed by atoms with Crippen molar-refractivity contribution in [1.29, 1.82) is 0 Å². The number of carbonyl (C=O) groups is 2. The Labute approximate surface area is 184 Å². The zero-order chi connectivity index (χ0) is 22.6. The Morgan fingerprint density at radius 1 is 0.903 bits per heavy atom. The van der Waals surface area contributed by atoms with Crippen molar-refractivity contribution in [3.8, 4) is 0 Å². The number of carbonyl (C=O) groups excluding carboxylic acids is 2. The third-order valence-electron chi connectivity index (χ3n) is 5.00. The Bertz CT molecular complexity index is 1050. The molecule has 0 aliphatic rings. The summed E-state index contributed by atoms with van der Waals surface area (Å²) in [5.41, 5.74) is 0.999. The minimum Gasteiger partial charge on any atom is -0.443 e. The minimum absolute atomic E-state index is 0.164. The summed E-state index contributed by atoms with van der Waals surface area (Å²) >= 11 is 0. The van der Waals surface area contributed by atoms with E-state index in [1.54, 1.807) is 18.9 Å². The fourth-order valence-electron chi connectivity index (χ4n) is 3.56. The number of benzene rings is 3. The smallest absolute Gasteiger partial charge is 0.415 e. The van der Waals surface area contributed by atoms with Crippen molar-refractivity contribution in [1.82, 2.24) is 4.90 Å². The van der Waals surface area contributed by atoms with E-state index < -0.39 is 17.7 Å². The Morgan fingerprint density at radius 2 is 1.52 bits per heavy atom. The van der Waals surface area contributed by atoms with Crippen molar-refractivity contribution in [2.45, 2.75) is 45.9 Å². The Hall–Kier alpha value is -3.34. The van der Waals surface area contributed by atoms with E-state index in [1.165, 1.54) is 4.90 Å². The molecule has 0 radical (unpaired) electrons. The third-order valence-corrected chi connectivity index (χ3v) is 5.00. The maximum Gasteiger partial charge on any atom is 0.415 e. The number of ether oxygens (including phenoxy) is 1. The number of rotatable bonds is 5. The lowest BCUT2D eigenvalue weighted by Crippen LogP contribution is -2.50. The molecule has 0 fully saturated rings. The highest BCUT2D eigenvalue weighted by atomic mass is 16.6. The van der Waals surface area contributed by atoms with Gasteiger partial charge in [0.1, 0.15) is 11.6 Å². The number of hydrogen-bond acceptors (Lipinski definition) is 3. The molecule has 0 heterocycles. The van der Waals surface area contributed by atoms with Crippen LogP contribution in [-0.2, 0) is 16.1 Å². The summed E-state index contributed by atoms with van der Waals surface area (Å²) in [7, 11) is 1.75. The second kappa shape index (κ2) is 9.21. The van der Waals surface area contributed by atoms with E-state index in [2.05, 4.69) is 0 Å². The second-order valence-electron chi connectivity index (χ2n) is 8.70. The molecule has 3 aromatic rings. The summed E-state index contributed by atoms with van der Waals surface area (Å²) in [6.07, 6.45) is -0.544. The normalized spacial score (nSPS) is 12.3. The summed E-state index contributed by atoms with van der Waals surface area (Å²) < 4.78 is 5.69. The van der Waals surface area contributed by atoms with Gasteiger partial charge in [-0.05, 0) is 44.7 Å². The SMILES string of the molecule is C[C@@H](C(=O)N(C)Cc1ccccc1)N(C(=O)OC(C)(C)C)c1cccc2ccccc12. The zero-order valence-corrected chi connectivity index (χ0v) is 18.8. The molecule has 31 heavy (non-hydrogen) atoms. The molecule has 3 rings (SSSR count). The van der Waals surface area contributed by atoms with Gasteiger partial charge in [0.2, 0.25) is 5.91 Å². The van der Waals surface area contributed by atoms with Gasteiger partial charge in [0.25, 0.3) is 0 Å². The lowest BCUT2D eigenvalue weighted by Gasteiger charge is -2.33. The van der Waals surface area contributed by atoms with Gasteiger partial charge in [0, 0.05) is 19.0 Å². The highest BCUT2D eigenvalue weighted by Gasteiger charge is 2.33. The third kappa shape index (κ3) is 5.43. The van der Waals surface area contributed by atoms with Gasteiger partial charge in [-0.2, -0.15) is 0 Å². The molecule has 0 saturated heterocycles. The second-order valence-corrected chi connectivity index (χ2v) is 8.70. The van der Waals surface area contributed by atoms with Crippen molar-refractivity contribution >= 4 is 28.5 Å². The van der Waals surface area contributed by atoms with Gasteiger partial charge in [-0.1, -0.05) is 66.7 Å². The highest BCUT2D eigenvalue weighted by Crippen LogP contribution is 2.30. The van der Waals surface area contributed by atoms with Crippen LogP contribution >= 0.6 is 0 Å². The van der Waals surface area contributed by atoms with E-state index in [1.807, 2.05) is 93.6 Å². The summed E-state index contributed by atoms with van der Waals surface area (Å²) in [5.74, 6) is -0.164. The van der Waals surface area contributed by atoms with Crippen LogP contribution in [0.1, 0.15) is 33.3 Å². The van der Waals surface area contributed by atoms with Crippen LogP contribution in [0.3, 0.4) is 0 Å². The standard InChI is InChI=1S/C26H30N2O3/c1-19(24(29)27(5)18-20-12-7-6-8-13-20)28(25(30)31-26(2,3)4)23-17-11-15-21-14-9-10-16-22(21)23/h6-17,19H,18H2,1-5H3/t19-/m0/s1. The molecule has 5 heteroatoms. The number of hydrogen-bond donors (Lipinski definition) is 0. The summed E-state index contributed by atoms with van der Waals surface area (Å²) in [6, 6.07) is 22.6. The molecule has 0 unspecified atom stereocenters. The van der Waals surface area contributed by atoms with Crippen LogP contribution in [0.2, 0.25) is 0 Å². The zero-order valence-electron chi connectivity index (χ0n) is 18.8. The Morgan fingerprint density at radius 3 is 2.19 bits per heavy atom. The van der Waals surface area contributed by atoms with E-state index >= 15 is 0 Å². The molecule has 0 saturated carbocycles. The van der Waals surface area contributed by atoms with Gasteiger partial charge in [-0.15, -0.1) is 0 Å². The number of nitrogens with zero attached hydrogens (tertiary/aromatic N) is 2. The monoisotopic (exact) mass is 418 g/mol. The van der Waals surface area contributed by atoms with Crippen molar-refractivity contribution in [3.63, 3.8) is 0 Å². The Kier molecular flexibility index (Phi) is 6.64. The fraction of sp³-hybridized carbons (Fsp3) is 0.308. The van der Waals surface area contributed by atoms with E-state index in [-0.39, 0.29) is 5.91 Å². The van der Waals surface area contributed by atoms with E-state index in [4.69, 9.17) is 4.74 Å². The van der Waals surface area contributed by atoms with Crippen molar-refractivity contribution in [2.75, 3.05) is 11.9 Å². The molecule has 0 aliphatic carbocycles. The van der Waals surface area contributed by atoms with E-state index in [9.17, 15) is 9.59 Å². The number of amides is 2. The van der Waals surface area contributed by atoms with Crippen LogP contribution in [0, 0.1) is 0 Å². The predicted octanol–water partition coefficient (Wildman–Crippen LogP) is 5.63. The average Bonchev–Trinajstić information content (AvgIpc) is 2.73. The molecule has 0 aliphatic heterocycles. The molecule has 5 nitrogen and oxygen atoms in total. The minimum atomic E-state index is -0.741. The maximum absolute atomic E-state index is 13.3. The van der Waals surface area contributed by atoms with Gasteiger partial charge in [-0.25, -0.2) is 4.79 Å². The molecule has 0 bridgehead atoms. The lowest BCUT2D eigenvalue weighted by molar-refractivity contribution is -0.131. The quantitative estimate of drug-likeness (QED) is 0.540. The average molecular weight is 419 g/mol. The molecule has 3 aromatic carbocycles.